The molecule has 1 aromatic heterocycles. The van der Waals surface area contributed by atoms with Gasteiger partial charge in [-0.15, -0.1) is 0 Å². The van der Waals surface area contributed by atoms with E-state index in [0.29, 0.717) is 5.69 Å². The molecule has 0 saturated heterocycles. The second-order valence-electron chi connectivity index (χ2n) is 5.05. The summed E-state index contributed by atoms with van der Waals surface area (Å²) in [5, 5.41) is 9.37. The van der Waals surface area contributed by atoms with E-state index in [1.165, 1.54) is 0 Å². The number of ether oxygens (including phenoxy) is 1. The number of rotatable bonds is 2. The van der Waals surface area contributed by atoms with Gasteiger partial charge in [-0.1, -0.05) is 0 Å². The number of hydrogen-bond donors (Lipinski definition) is 0. The zero-order valence-corrected chi connectivity index (χ0v) is 12.8. The van der Waals surface area contributed by atoms with E-state index in [1.807, 2.05) is 45.4 Å². The fourth-order valence-corrected chi connectivity index (χ4v) is 2.54. The molecule has 4 heteroatoms. The molecular formula is C16H19N3O. The molecule has 0 N–H and O–H groups in total. The van der Waals surface area contributed by atoms with Crippen molar-refractivity contribution in [1.29, 1.82) is 5.26 Å². The largest absolute Gasteiger partial charge is 0.496 e. The normalized spacial score (nSPS) is 10.4. The van der Waals surface area contributed by atoms with E-state index in [1.54, 1.807) is 7.11 Å². The molecule has 0 spiro atoms. The summed E-state index contributed by atoms with van der Waals surface area (Å²) in [5.41, 5.74) is 5.59. The van der Waals surface area contributed by atoms with E-state index in [2.05, 4.69) is 11.1 Å². The minimum Gasteiger partial charge on any atom is -0.496 e. The third-order valence-corrected chi connectivity index (χ3v) is 3.91. The summed E-state index contributed by atoms with van der Waals surface area (Å²) < 4.78 is 7.27. The Morgan fingerprint density at radius 3 is 2.40 bits per heavy atom. The van der Waals surface area contributed by atoms with E-state index in [0.717, 1.165) is 39.5 Å². The van der Waals surface area contributed by atoms with E-state index in [4.69, 9.17) is 4.74 Å². The third kappa shape index (κ3) is 1.96. The molecule has 2 rings (SSSR count). The van der Waals surface area contributed by atoms with Crippen LogP contribution in [0.1, 0.15) is 28.2 Å². The van der Waals surface area contributed by atoms with Crippen molar-refractivity contribution in [2.75, 3.05) is 7.11 Å². The molecule has 0 saturated carbocycles. The molecule has 0 radical (unpaired) electrons. The Morgan fingerprint density at radius 1 is 1.20 bits per heavy atom. The second-order valence-corrected chi connectivity index (χ2v) is 5.05. The Morgan fingerprint density at radius 2 is 1.85 bits per heavy atom. The van der Waals surface area contributed by atoms with Crippen LogP contribution in [0, 0.1) is 39.0 Å². The molecule has 0 aliphatic rings. The van der Waals surface area contributed by atoms with Crippen LogP contribution < -0.4 is 4.74 Å². The predicted octanol–water partition coefficient (Wildman–Crippen LogP) is 3.20. The fraction of sp³-hybridized carbons (Fsp3) is 0.375. The Kier molecular flexibility index (Phi) is 3.54. The molecule has 0 bridgehead atoms. The minimum absolute atomic E-state index is 0.592. The summed E-state index contributed by atoms with van der Waals surface area (Å²) in [6.45, 7) is 7.99. The number of hydrogen-bond acceptors (Lipinski definition) is 3. The van der Waals surface area contributed by atoms with Gasteiger partial charge in [-0.2, -0.15) is 5.26 Å². The summed E-state index contributed by atoms with van der Waals surface area (Å²) in [6.07, 6.45) is 0. The van der Waals surface area contributed by atoms with Crippen molar-refractivity contribution in [3.8, 4) is 23.1 Å². The second kappa shape index (κ2) is 5.01. The highest BCUT2D eigenvalue weighted by Gasteiger charge is 2.19. The van der Waals surface area contributed by atoms with Crippen LogP contribution in [0.5, 0.6) is 5.75 Å². The van der Waals surface area contributed by atoms with Crippen molar-refractivity contribution in [1.82, 2.24) is 9.55 Å². The molecule has 0 aliphatic heterocycles. The molecule has 2 aromatic rings. The van der Waals surface area contributed by atoms with Gasteiger partial charge < -0.3 is 9.30 Å². The smallest absolute Gasteiger partial charge is 0.147 e. The van der Waals surface area contributed by atoms with Crippen molar-refractivity contribution in [3.63, 3.8) is 0 Å². The lowest BCUT2D eigenvalue weighted by Crippen LogP contribution is -1.98. The first-order valence-electron chi connectivity index (χ1n) is 6.50. The van der Waals surface area contributed by atoms with Gasteiger partial charge in [0.2, 0.25) is 0 Å². The lowest BCUT2D eigenvalue weighted by Gasteiger charge is -2.14. The standard InChI is InChI=1S/C16H19N3O/c1-9-7-13(10(2)11(3)16(9)20-6)15-14(8-17)19(5)12(4)18-15/h7H,1-6H3. The summed E-state index contributed by atoms with van der Waals surface area (Å²) in [7, 11) is 3.54. The first-order valence-corrected chi connectivity index (χ1v) is 6.50. The third-order valence-electron chi connectivity index (χ3n) is 3.91. The van der Waals surface area contributed by atoms with E-state index >= 15 is 0 Å². The Labute approximate surface area is 119 Å². The van der Waals surface area contributed by atoms with Crippen LogP contribution in [0.15, 0.2) is 6.07 Å². The first-order chi connectivity index (χ1) is 9.42. The molecule has 4 nitrogen and oxygen atoms in total. The highest BCUT2D eigenvalue weighted by atomic mass is 16.5. The lowest BCUT2D eigenvalue weighted by molar-refractivity contribution is 0.408. The summed E-state index contributed by atoms with van der Waals surface area (Å²) >= 11 is 0. The Hall–Kier alpha value is -2.28. The number of nitrogens with zero attached hydrogens (tertiary/aromatic N) is 3. The predicted molar refractivity (Wildman–Crippen MR) is 78.9 cm³/mol. The van der Waals surface area contributed by atoms with Gasteiger partial charge >= 0.3 is 0 Å². The van der Waals surface area contributed by atoms with Crippen LogP contribution in [0.2, 0.25) is 0 Å². The molecular weight excluding hydrogens is 250 g/mol. The maximum atomic E-state index is 9.37. The number of nitriles is 1. The highest BCUT2D eigenvalue weighted by molar-refractivity contribution is 5.73. The Bertz CT molecular complexity index is 721. The molecule has 20 heavy (non-hydrogen) atoms. The van der Waals surface area contributed by atoms with E-state index < -0.39 is 0 Å². The number of aromatic nitrogens is 2. The number of aryl methyl sites for hydroxylation is 2. The summed E-state index contributed by atoms with van der Waals surface area (Å²) in [5.74, 6) is 1.74. The maximum absolute atomic E-state index is 9.37. The van der Waals surface area contributed by atoms with Crippen LogP contribution in [0.4, 0.5) is 0 Å². The molecule has 0 unspecified atom stereocenters. The SMILES string of the molecule is COc1c(C)cc(-c2nc(C)n(C)c2C#N)c(C)c1C. The fourth-order valence-electron chi connectivity index (χ4n) is 2.54. The Balaban J connectivity index is 2.78. The van der Waals surface area contributed by atoms with Gasteiger partial charge in [0, 0.05) is 12.6 Å². The molecule has 1 heterocycles. The van der Waals surface area contributed by atoms with Gasteiger partial charge in [0.1, 0.15) is 29.0 Å². The van der Waals surface area contributed by atoms with Gasteiger partial charge in [-0.25, -0.2) is 4.98 Å². The zero-order valence-electron chi connectivity index (χ0n) is 12.8. The molecule has 0 fully saturated rings. The van der Waals surface area contributed by atoms with E-state index in [-0.39, 0.29) is 0 Å². The maximum Gasteiger partial charge on any atom is 0.147 e. The number of benzene rings is 1. The molecule has 0 amide bonds. The average Bonchev–Trinajstić information content (AvgIpc) is 2.70. The summed E-state index contributed by atoms with van der Waals surface area (Å²) in [6, 6.07) is 4.29. The highest BCUT2D eigenvalue weighted by Crippen LogP contribution is 2.35. The molecule has 1 aromatic carbocycles. The first kappa shape index (κ1) is 14.1. The van der Waals surface area contributed by atoms with Gasteiger partial charge in [0.15, 0.2) is 0 Å². The van der Waals surface area contributed by atoms with Gasteiger partial charge in [0.05, 0.1) is 7.11 Å². The van der Waals surface area contributed by atoms with Crippen molar-refractivity contribution < 1.29 is 4.74 Å². The quantitative estimate of drug-likeness (QED) is 0.841. The number of imidazole rings is 1. The van der Waals surface area contributed by atoms with Gasteiger partial charge in [0.25, 0.3) is 0 Å². The molecule has 104 valence electrons. The summed E-state index contributed by atoms with van der Waals surface area (Å²) in [4.78, 5) is 4.55. The monoisotopic (exact) mass is 269 g/mol. The average molecular weight is 269 g/mol. The molecule has 0 aliphatic carbocycles. The van der Waals surface area contributed by atoms with Gasteiger partial charge in [-0.05, 0) is 50.5 Å². The zero-order chi connectivity index (χ0) is 15.0. The van der Waals surface area contributed by atoms with Crippen molar-refractivity contribution in [2.24, 2.45) is 7.05 Å². The topological polar surface area (TPSA) is 50.8 Å². The van der Waals surface area contributed by atoms with Crippen molar-refractivity contribution in [3.05, 3.63) is 34.3 Å². The number of methoxy groups -OCH3 is 1. The van der Waals surface area contributed by atoms with Crippen molar-refractivity contribution in [2.45, 2.75) is 27.7 Å². The van der Waals surface area contributed by atoms with Crippen LogP contribution in [0.25, 0.3) is 11.3 Å². The van der Waals surface area contributed by atoms with Crippen LogP contribution >= 0.6 is 0 Å². The van der Waals surface area contributed by atoms with E-state index in [9.17, 15) is 5.26 Å². The van der Waals surface area contributed by atoms with Crippen LogP contribution in [-0.4, -0.2) is 16.7 Å². The lowest BCUT2D eigenvalue weighted by atomic mass is 9.96. The minimum atomic E-state index is 0.592. The van der Waals surface area contributed by atoms with Crippen molar-refractivity contribution >= 4 is 0 Å². The van der Waals surface area contributed by atoms with Crippen LogP contribution in [0.3, 0.4) is 0 Å². The van der Waals surface area contributed by atoms with Gasteiger partial charge in [-0.3, -0.25) is 0 Å². The molecule has 0 atom stereocenters. The van der Waals surface area contributed by atoms with Crippen LogP contribution in [-0.2, 0) is 7.05 Å².